The van der Waals surface area contributed by atoms with Gasteiger partial charge < -0.3 is 20.9 Å². The third kappa shape index (κ3) is 2.85. The van der Waals surface area contributed by atoms with Crippen molar-refractivity contribution in [2.75, 3.05) is 12.8 Å². The largest absolute Gasteiger partial charge is 0.497 e. The van der Waals surface area contributed by atoms with E-state index in [1.807, 2.05) is 0 Å². The number of ether oxygens (including phenoxy) is 2. The molecular formula is C14H13BrN2O3. The molecule has 0 aliphatic carbocycles. The van der Waals surface area contributed by atoms with Gasteiger partial charge in [0, 0.05) is 0 Å². The number of nitrogens with two attached hydrogens (primary N) is 2. The van der Waals surface area contributed by atoms with E-state index in [1.165, 1.54) is 0 Å². The summed E-state index contributed by atoms with van der Waals surface area (Å²) in [7, 11) is 1.58. The number of anilines is 1. The quantitative estimate of drug-likeness (QED) is 0.840. The number of benzene rings is 2. The monoisotopic (exact) mass is 336 g/mol. The van der Waals surface area contributed by atoms with Crippen molar-refractivity contribution in [3.63, 3.8) is 0 Å². The number of carbonyl (C=O) groups is 1. The predicted molar refractivity (Wildman–Crippen MR) is 80.1 cm³/mol. The highest BCUT2D eigenvalue weighted by Crippen LogP contribution is 2.35. The van der Waals surface area contributed by atoms with Crippen LogP contribution in [0.25, 0.3) is 0 Å². The molecule has 0 aliphatic rings. The second kappa shape index (κ2) is 5.83. The minimum Gasteiger partial charge on any atom is -0.497 e. The molecule has 0 bridgehead atoms. The van der Waals surface area contributed by atoms with E-state index in [0.29, 0.717) is 21.7 Å². The molecule has 0 spiro atoms. The molecule has 0 heterocycles. The summed E-state index contributed by atoms with van der Waals surface area (Å²) in [4.78, 5) is 11.2. The van der Waals surface area contributed by atoms with Crippen LogP contribution in [0.3, 0.4) is 0 Å². The molecule has 0 aromatic heterocycles. The molecule has 104 valence electrons. The maximum Gasteiger partial charge on any atom is 0.250 e. The van der Waals surface area contributed by atoms with Gasteiger partial charge in [-0.2, -0.15) is 0 Å². The van der Waals surface area contributed by atoms with E-state index in [-0.39, 0.29) is 11.3 Å². The fourth-order valence-corrected chi connectivity index (χ4v) is 2.10. The van der Waals surface area contributed by atoms with Crippen LogP contribution >= 0.6 is 15.9 Å². The molecule has 2 aromatic rings. The number of halogens is 1. The van der Waals surface area contributed by atoms with Gasteiger partial charge in [0.1, 0.15) is 11.5 Å². The molecule has 0 unspecified atom stereocenters. The lowest BCUT2D eigenvalue weighted by Gasteiger charge is -2.12. The number of hydrogen-bond donors (Lipinski definition) is 2. The van der Waals surface area contributed by atoms with E-state index in [0.717, 1.165) is 0 Å². The smallest absolute Gasteiger partial charge is 0.250 e. The Morgan fingerprint density at radius 1 is 1.20 bits per heavy atom. The standard InChI is InChI=1S/C14H13BrN2O3/c1-19-8-5-6-11(10(15)7-8)20-12-4-2-3-9(13(12)16)14(17)18/h2-7H,16H2,1H3,(H2,17,18). The number of rotatable bonds is 4. The van der Waals surface area contributed by atoms with E-state index in [4.69, 9.17) is 20.9 Å². The molecule has 2 aromatic carbocycles. The Hall–Kier alpha value is -2.21. The zero-order chi connectivity index (χ0) is 14.7. The van der Waals surface area contributed by atoms with Crippen molar-refractivity contribution in [2.45, 2.75) is 0 Å². The summed E-state index contributed by atoms with van der Waals surface area (Å²) in [6.45, 7) is 0. The first-order valence-corrected chi connectivity index (χ1v) is 6.52. The zero-order valence-corrected chi connectivity index (χ0v) is 12.3. The van der Waals surface area contributed by atoms with Crippen molar-refractivity contribution in [1.82, 2.24) is 0 Å². The van der Waals surface area contributed by atoms with E-state index in [2.05, 4.69) is 15.9 Å². The Morgan fingerprint density at radius 2 is 1.95 bits per heavy atom. The Bertz CT molecular complexity index is 659. The molecule has 0 atom stereocenters. The summed E-state index contributed by atoms with van der Waals surface area (Å²) in [6, 6.07) is 10.1. The van der Waals surface area contributed by atoms with Crippen LogP contribution in [0.5, 0.6) is 17.2 Å². The fraction of sp³-hybridized carbons (Fsp3) is 0.0714. The number of nitrogen functional groups attached to an aromatic ring is 1. The SMILES string of the molecule is COc1ccc(Oc2cccc(C(N)=O)c2N)c(Br)c1. The molecule has 0 saturated heterocycles. The number of carbonyl (C=O) groups excluding carboxylic acids is 1. The Morgan fingerprint density at radius 3 is 2.55 bits per heavy atom. The number of methoxy groups -OCH3 is 1. The van der Waals surface area contributed by atoms with Crippen LogP contribution in [0.15, 0.2) is 40.9 Å². The number of primary amides is 1. The molecular weight excluding hydrogens is 324 g/mol. The minimum absolute atomic E-state index is 0.211. The third-order valence-electron chi connectivity index (χ3n) is 2.69. The van der Waals surface area contributed by atoms with Crippen molar-refractivity contribution >= 4 is 27.5 Å². The molecule has 2 rings (SSSR count). The molecule has 1 amide bonds. The van der Waals surface area contributed by atoms with Gasteiger partial charge in [-0.1, -0.05) is 6.07 Å². The van der Waals surface area contributed by atoms with Crippen molar-refractivity contribution in [3.05, 3.63) is 46.4 Å². The van der Waals surface area contributed by atoms with E-state index in [9.17, 15) is 4.79 Å². The molecule has 4 N–H and O–H groups in total. The van der Waals surface area contributed by atoms with Gasteiger partial charge in [0.15, 0.2) is 5.75 Å². The molecule has 0 aliphatic heterocycles. The van der Waals surface area contributed by atoms with Crippen molar-refractivity contribution < 1.29 is 14.3 Å². The Labute approximate surface area is 124 Å². The lowest BCUT2D eigenvalue weighted by molar-refractivity contribution is 0.100. The van der Waals surface area contributed by atoms with Gasteiger partial charge in [-0.3, -0.25) is 4.79 Å². The summed E-state index contributed by atoms with van der Waals surface area (Å²) in [5.74, 6) is 1.02. The van der Waals surface area contributed by atoms with Gasteiger partial charge in [-0.15, -0.1) is 0 Å². The topological polar surface area (TPSA) is 87.6 Å². The Balaban J connectivity index is 2.35. The van der Waals surface area contributed by atoms with Gasteiger partial charge in [-0.05, 0) is 46.3 Å². The highest BCUT2D eigenvalue weighted by atomic mass is 79.9. The highest BCUT2D eigenvalue weighted by molar-refractivity contribution is 9.10. The van der Waals surface area contributed by atoms with Crippen LogP contribution < -0.4 is 20.9 Å². The number of hydrogen-bond acceptors (Lipinski definition) is 4. The average molecular weight is 337 g/mol. The molecule has 5 nitrogen and oxygen atoms in total. The van der Waals surface area contributed by atoms with Crippen molar-refractivity contribution in [2.24, 2.45) is 5.73 Å². The van der Waals surface area contributed by atoms with Crippen LogP contribution in [-0.4, -0.2) is 13.0 Å². The van der Waals surface area contributed by atoms with Crippen LogP contribution in [0.1, 0.15) is 10.4 Å². The average Bonchev–Trinajstić information content (AvgIpc) is 2.42. The normalized spacial score (nSPS) is 10.1. The summed E-state index contributed by atoms with van der Waals surface area (Å²) in [5.41, 5.74) is 11.6. The first-order valence-electron chi connectivity index (χ1n) is 5.72. The third-order valence-corrected chi connectivity index (χ3v) is 3.31. The van der Waals surface area contributed by atoms with E-state index >= 15 is 0 Å². The van der Waals surface area contributed by atoms with Crippen molar-refractivity contribution in [1.29, 1.82) is 0 Å². The number of para-hydroxylation sites is 1. The first-order chi connectivity index (χ1) is 9.52. The molecule has 20 heavy (non-hydrogen) atoms. The second-order valence-electron chi connectivity index (χ2n) is 3.98. The van der Waals surface area contributed by atoms with Crippen LogP contribution in [0, 0.1) is 0 Å². The molecule has 6 heteroatoms. The molecule has 0 saturated carbocycles. The van der Waals surface area contributed by atoms with E-state index in [1.54, 1.807) is 43.5 Å². The van der Waals surface area contributed by atoms with E-state index < -0.39 is 5.91 Å². The summed E-state index contributed by atoms with van der Waals surface area (Å²) in [5, 5.41) is 0. The van der Waals surface area contributed by atoms with Gasteiger partial charge in [-0.25, -0.2) is 0 Å². The minimum atomic E-state index is -0.596. The maximum atomic E-state index is 11.2. The summed E-state index contributed by atoms with van der Waals surface area (Å²) < 4.78 is 11.5. The van der Waals surface area contributed by atoms with Crippen LogP contribution in [0.2, 0.25) is 0 Å². The van der Waals surface area contributed by atoms with Gasteiger partial charge in [0.2, 0.25) is 0 Å². The predicted octanol–water partition coefficient (Wildman–Crippen LogP) is 2.93. The van der Waals surface area contributed by atoms with Gasteiger partial charge in [0.25, 0.3) is 5.91 Å². The lowest BCUT2D eigenvalue weighted by atomic mass is 10.1. The lowest BCUT2D eigenvalue weighted by Crippen LogP contribution is -2.13. The Kier molecular flexibility index (Phi) is 4.14. The second-order valence-corrected chi connectivity index (χ2v) is 4.83. The summed E-state index contributed by atoms with van der Waals surface area (Å²) >= 11 is 3.38. The van der Waals surface area contributed by atoms with Gasteiger partial charge in [0.05, 0.1) is 22.8 Å². The van der Waals surface area contributed by atoms with Gasteiger partial charge >= 0.3 is 0 Å². The van der Waals surface area contributed by atoms with Crippen LogP contribution in [0.4, 0.5) is 5.69 Å². The first kappa shape index (κ1) is 14.2. The number of amides is 1. The van der Waals surface area contributed by atoms with Crippen LogP contribution in [-0.2, 0) is 0 Å². The zero-order valence-electron chi connectivity index (χ0n) is 10.7. The molecule has 0 radical (unpaired) electrons. The maximum absolute atomic E-state index is 11.2. The highest BCUT2D eigenvalue weighted by Gasteiger charge is 2.12. The fourth-order valence-electron chi connectivity index (χ4n) is 1.66. The summed E-state index contributed by atoms with van der Waals surface area (Å²) in [6.07, 6.45) is 0. The molecule has 0 fully saturated rings. The van der Waals surface area contributed by atoms with Crippen molar-refractivity contribution in [3.8, 4) is 17.2 Å².